The van der Waals surface area contributed by atoms with Gasteiger partial charge in [-0.15, -0.1) is 0 Å². The van der Waals surface area contributed by atoms with Crippen LogP contribution in [0.1, 0.15) is 16.9 Å². The molecule has 3 atom stereocenters. The van der Waals surface area contributed by atoms with Gasteiger partial charge in [0.1, 0.15) is 5.69 Å². The van der Waals surface area contributed by atoms with Crippen molar-refractivity contribution in [3.05, 3.63) is 48.4 Å². The Balaban J connectivity index is 1.47. The molecule has 5 rings (SSSR count). The number of nitrogens with one attached hydrogen (secondary N) is 1. The van der Waals surface area contributed by atoms with Crippen LogP contribution >= 0.6 is 0 Å². The SMILES string of the molecule is O=C(NC1CN2CCC1C2)c1cn2c(cn1)cc1ccccc12. The molecule has 0 aliphatic carbocycles. The summed E-state index contributed by atoms with van der Waals surface area (Å²) in [4.78, 5) is 19.4. The van der Waals surface area contributed by atoms with E-state index in [2.05, 4.69) is 33.4 Å². The zero-order valence-corrected chi connectivity index (χ0v) is 12.8. The van der Waals surface area contributed by atoms with Gasteiger partial charge in [-0.3, -0.25) is 4.79 Å². The van der Waals surface area contributed by atoms with Gasteiger partial charge in [0.15, 0.2) is 0 Å². The number of amides is 1. The van der Waals surface area contributed by atoms with Gasteiger partial charge < -0.3 is 14.6 Å². The Morgan fingerprint density at radius 1 is 1.26 bits per heavy atom. The number of hydrogen-bond acceptors (Lipinski definition) is 3. The van der Waals surface area contributed by atoms with E-state index in [1.807, 2.05) is 22.7 Å². The Morgan fingerprint density at radius 2 is 2.17 bits per heavy atom. The maximum absolute atomic E-state index is 12.6. The van der Waals surface area contributed by atoms with Gasteiger partial charge in [0.05, 0.1) is 17.2 Å². The second kappa shape index (κ2) is 4.80. The van der Waals surface area contributed by atoms with Gasteiger partial charge in [0.2, 0.25) is 0 Å². The number of piperidine rings is 1. The lowest BCUT2D eigenvalue weighted by Crippen LogP contribution is -2.43. The first kappa shape index (κ1) is 13.1. The molecule has 0 radical (unpaired) electrons. The van der Waals surface area contributed by atoms with Crippen LogP contribution in [0.3, 0.4) is 0 Å². The van der Waals surface area contributed by atoms with Gasteiger partial charge in [0, 0.05) is 30.7 Å². The molecular weight excluding hydrogens is 288 g/mol. The molecule has 0 spiro atoms. The van der Waals surface area contributed by atoms with Gasteiger partial charge in [-0.1, -0.05) is 18.2 Å². The Kier molecular flexibility index (Phi) is 2.73. The molecule has 1 aromatic carbocycles. The Hall–Kier alpha value is -2.40. The van der Waals surface area contributed by atoms with Crippen molar-refractivity contribution in [1.82, 2.24) is 19.6 Å². The Bertz CT molecular complexity index is 916. The minimum Gasteiger partial charge on any atom is -0.346 e. The van der Waals surface area contributed by atoms with Crippen molar-refractivity contribution in [3.63, 3.8) is 0 Å². The van der Waals surface area contributed by atoms with Crippen LogP contribution < -0.4 is 5.32 Å². The minimum absolute atomic E-state index is 0.0663. The maximum atomic E-state index is 12.6. The van der Waals surface area contributed by atoms with E-state index in [1.54, 1.807) is 6.20 Å². The quantitative estimate of drug-likeness (QED) is 0.787. The molecule has 2 aromatic heterocycles. The number of rotatable bonds is 2. The lowest BCUT2D eigenvalue weighted by Gasteiger charge is -2.22. The van der Waals surface area contributed by atoms with E-state index in [4.69, 9.17) is 0 Å². The van der Waals surface area contributed by atoms with Crippen LogP contribution in [0, 0.1) is 5.92 Å². The number of carbonyl (C=O) groups is 1. The van der Waals surface area contributed by atoms with Crippen LogP contribution in [-0.2, 0) is 0 Å². The predicted octanol–water partition coefficient (Wildman–Crippen LogP) is 1.92. The lowest BCUT2D eigenvalue weighted by molar-refractivity contribution is 0.0919. The number of nitrogens with zero attached hydrogens (tertiary/aromatic N) is 3. The van der Waals surface area contributed by atoms with Gasteiger partial charge in [-0.05, 0) is 31.0 Å². The number of hydrogen-bond donors (Lipinski definition) is 1. The van der Waals surface area contributed by atoms with E-state index in [0.717, 1.165) is 29.5 Å². The van der Waals surface area contributed by atoms with Crippen molar-refractivity contribution in [2.24, 2.45) is 5.92 Å². The molecule has 4 heterocycles. The molecule has 23 heavy (non-hydrogen) atoms. The molecule has 2 saturated heterocycles. The average Bonchev–Trinajstić information content (AvgIpc) is 3.27. The highest BCUT2D eigenvalue weighted by atomic mass is 16.2. The molecule has 0 saturated carbocycles. The number of carbonyl (C=O) groups excluding carboxylic acids is 1. The van der Waals surface area contributed by atoms with E-state index in [-0.39, 0.29) is 11.9 Å². The third-order valence-electron chi connectivity index (χ3n) is 5.25. The molecule has 5 nitrogen and oxygen atoms in total. The van der Waals surface area contributed by atoms with E-state index < -0.39 is 0 Å². The van der Waals surface area contributed by atoms with E-state index in [0.29, 0.717) is 11.6 Å². The number of benzene rings is 1. The first-order chi connectivity index (χ1) is 11.3. The van der Waals surface area contributed by atoms with E-state index in [1.165, 1.54) is 13.0 Å². The second-order valence-corrected chi connectivity index (χ2v) is 6.66. The van der Waals surface area contributed by atoms with Crippen molar-refractivity contribution < 1.29 is 4.79 Å². The van der Waals surface area contributed by atoms with Crippen LogP contribution in [-0.4, -0.2) is 45.9 Å². The van der Waals surface area contributed by atoms with Crippen LogP contribution in [0.2, 0.25) is 0 Å². The van der Waals surface area contributed by atoms with Crippen LogP contribution in [0.15, 0.2) is 42.7 Å². The third-order valence-corrected chi connectivity index (χ3v) is 5.25. The second-order valence-electron chi connectivity index (χ2n) is 6.66. The summed E-state index contributed by atoms with van der Waals surface area (Å²) in [6, 6.07) is 10.5. The molecule has 5 heteroatoms. The molecule has 2 aliphatic heterocycles. The highest BCUT2D eigenvalue weighted by Crippen LogP contribution is 2.28. The first-order valence-electron chi connectivity index (χ1n) is 8.17. The highest BCUT2D eigenvalue weighted by Gasteiger charge is 2.38. The molecular formula is C18H18N4O. The Labute approximate surface area is 133 Å². The summed E-state index contributed by atoms with van der Waals surface area (Å²) in [6.45, 7) is 3.28. The average molecular weight is 306 g/mol. The van der Waals surface area contributed by atoms with E-state index in [9.17, 15) is 4.79 Å². The van der Waals surface area contributed by atoms with E-state index >= 15 is 0 Å². The molecule has 1 N–H and O–H groups in total. The number of aromatic nitrogens is 2. The highest BCUT2D eigenvalue weighted by molar-refractivity contribution is 5.94. The van der Waals surface area contributed by atoms with Crippen molar-refractivity contribution in [1.29, 1.82) is 0 Å². The summed E-state index contributed by atoms with van der Waals surface area (Å²) in [7, 11) is 0. The summed E-state index contributed by atoms with van der Waals surface area (Å²) in [5.41, 5.74) is 2.59. The summed E-state index contributed by atoms with van der Waals surface area (Å²) < 4.78 is 2.04. The molecule has 3 unspecified atom stereocenters. The van der Waals surface area contributed by atoms with Crippen molar-refractivity contribution >= 4 is 22.3 Å². The van der Waals surface area contributed by atoms with Gasteiger partial charge in [-0.2, -0.15) is 0 Å². The fourth-order valence-corrected chi connectivity index (χ4v) is 4.04. The molecule has 2 bridgehead atoms. The Morgan fingerprint density at radius 3 is 3.00 bits per heavy atom. The van der Waals surface area contributed by atoms with Gasteiger partial charge >= 0.3 is 0 Å². The van der Waals surface area contributed by atoms with Crippen LogP contribution in [0.4, 0.5) is 0 Å². The number of para-hydroxylation sites is 1. The third kappa shape index (κ3) is 2.04. The molecule has 3 aromatic rings. The lowest BCUT2D eigenvalue weighted by atomic mass is 10.00. The largest absolute Gasteiger partial charge is 0.346 e. The zero-order chi connectivity index (χ0) is 15.4. The maximum Gasteiger partial charge on any atom is 0.271 e. The predicted molar refractivity (Wildman–Crippen MR) is 88.5 cm³/mol. The summed E-state index contributed by atoms with van der Waals surface area (Å²) in [5, 5.41) is 4.34. The zero-order valence-electron chi connectivity index (χ0n) is 12.8. The fourth-order valence-electron chi connectivity index (χ4n) is 4.04. The van der Waals surface area contributed by atoms with Crippen LogP contribution in [0.5, 0.6) is 0 Å². The molecule has 2 fully saturated rings. The minimum atomic E-state index is -0.0663. The van der Waals surface area contributed by atoms with Crippen molar-refractivity contribution in [2.45, 2.75) is 12.5 Å². The van der Waals surface area contributed by atoms with Crippen LogP contribution in [0.25, 0.3) is 16.4 Å². The summed E-state index contributed by atoms with van der Waals surface area (Å²) in [6.07, 6.45) is 4.82. The van der Waals surface area contributed by atoms with Gasteiger partial charge in [0.25, 0.3) is 5.91 Å². The normalized spacial score (nSPS) is 26.2. The van der Waals surface area contributed by atoms with Gasteiger partial charge in [-0.25, -0.2) is 4.98 Å². The standard InChI is InChI=1S/C18H18N4O/c23-18(20-15-10-21-6-5-13(15)9-21)16-11-22-14(8-19-16)7-12-3-1-2-4-17(12)22/h1-4,7-8,11,13,15H,5-6,9-10H2,(H,20,23). The smallest absolute Gasteiger partial charge is 0.271 e. The number of fused-ring (bicyclic) bond motifs is 5. The molecule has 116 valence electrons. The first-order valence-corrected chi connectivity index (χ1v) is 8.17. The topological polar surface area (TPSA) is 49.6 Å². The monoisotopic (exact) mass is 306 g/mol. The summed E-state index contributed by atoms with van der Waals surface area (Å²) in [5.74, 6) is 0.540. The van der Waals surface area contributed by atoms with Crippen molar-refractivity contribution in [2.75, 3.05) is 19.6 Å². The molecule has 2 aliphatic rings. The molecule has 1 amide bonds. The fraction of sp³-hybridized carbons (Fsp3) is 0.333. The van der Waals surface area contributed by atoms with Crippen molar-refractivity contribution in [3.8, 4) is 0 Å². The summed E-state index contributed by atoms with van der Waals surface area (Å²) >= 11 is 0.